The van der Waals surface area contributed by atoms with Crippen molar-refractivity contribution >= 4 is 17.5 Å². The molecule has 0 saturated carbocycles. The molecule has 5 nitrogen and oxygen atoms in total. The standard InChI is InChI=1S/C25H23N3O2/c1-18(2)23(28-24(29)20-10-4-3-5-11-20)25(30)27-22-13-8-9-19(17-22)14-15-21-12-6-7-16-26-21/h3-13,16-18,23H,1-2H3,(H,27,30)(H,28,29). The largest absolute Gasteiger partial charge is 0.340 e. The van der Waals surface area contributed by atoms with Crippen molar-refractivity contribution in [2.24, 2.45) is 5.92 Å². The van der Waals surface area contributed by atoms with Gasteiger partial charge in [-0.3, -0.25) is 9.59 Å². The number of benzene rings is 2. The number of aromatic nitrogens is 1. The van der Waals surface area contributed by atoms with Gasteiger partial charge in [-0.15, -0.1) is 0 Å². The fourth-order valence-electron chi connectivity index (χ4n) is 2.82. The van der Waals surface area contributed by atoms with Crippen LogP contribution >= 0.6 is 0 Å². The highest BCUT2D eigenvalue weighted by Crippen LogP contribution is 2.13. The Morgan fingerprint density at radius 2 is 1.67 bits per heavy atom. The first-order valence-corrected chi connectivity index (χ1v) is 9.73. The van der Waals surface area contributed by atoms with E-state index in [1.54, 1.807) is 42.6 Å². The van der Waals surface area contributed by atoms with Crippen LogP contribution in [0.5, 0.6) is 0 Å². The molecule has 0 spiro atoms. The first kappa shape index (κ1) is 20.8. The Kier molecular flexibility index (Phi) is 6.96. The molecule has 0 bridgehead atoms. The van der Waals surface area contributed by atoms with Gasteiger partial charge in [0, 0.05) is 23.0 Å². The van der Waals surface area contributed by atoms with Gasteiger partial charge in [-0.25, -0.2) is 4.98 Å². The summed E-state index contributed by atoms with van der Waals surface area (Å²) in [5, 5.41) is 5.71. The number of rotatable bonds is 5. The maximum atomic E-state index is 12.8. The Bertz CT molecular complexity index is 1070. The summed E-state index contributed by atoms with van der Waals surface area (Å²) >= 11 is 0. The summed E-state index contributed by atoms with van der Waals surface area (Å²) in [7, 11) is 0. The van der Waals surface area contributed by atoms with Crippen LogP contribution in [0.15, 0.2) is 79.0 Å². The van der Waals surface area contributed by atoms with Crippen LogP contribution in [-0.2, 0) is 4.79 Å². The van der Waals surface area contributed by atoms with Gasteiger partial charge in [0.05, 0.1) is 0 Å². The first-order chi connectivity index (χ1) is 14.5. The maximum absolute atomic E-state index is 12.8. The van der Waals surface area contributed by atoms with E-state index in [0.717, 1.165) is 5.56 Å². The molecule has 1 aromatic heterocycles. The van der Waals surface area contributed by atoms with Crippen molar-refractivity contribution in [3.63, 3.8) is 0 Å². The van der Waals surface area contributed by atoms with Crippen molar-refractivity contribution in [3.8, 4) is 11.8 Å². The number of carbonyl (C=O) groups is 2. The summed E-state index contributed by atoms with van der Waals surface area (Å²) < 4.78 is 0. The van der Waals surface area contributed by atoms with Crippen LogP contribution in [0.2, 0.25) is 0 Å². The normalized spacial score (nSPS) is 11.2. The van der Waals surface area contributed by atoms with Crippen LogP contribution in [0.1, 0.15) is 35.5 Å². The van der Waals surface area contributed by atoms with Crippen molar-refractivity contribution in [2.75, 3.05) is 5.32 Å². The van der Waals surface area contributed by atoms with Gasteiger partial charge >= 0.3 is 0 Å². The highest BCUT2D eigenvalue weighted by atomic mass is 16.2. The number of anilines is 1. The average molecular weight is 397 g/mol. The van der Waals surface area contributed by atoms with Crippen molar-refractivity contribution in [1.82, 2.24) is 10.3 Å². The number of carbonyl (C=O) groups excluding carboxylic acids is 2. The van der Waals surface area contributed by atoms with Crippen molar-refractivity contribution in [3.05, 3.63) is 95.8 Å². The lowest BCUT2D eigenvalue weighted by Crippen LogP contribution is -2.47. The van der Waals surface area contributed by atoms with Gasteiger partial charge in [0.1, 0.15) is 11.7 Å². The predicted octanol–water partition coefficient (Wildman–Crippen LogP) is 3.87. The molecule has 0 saturated heterocycles. The van der Waals surface area contributed by atoms with E-state index >= 15 is 0 Å². The second-order valence-corrected chi connectivity index (χ2v) is 7.10. The summed E-state index contributed by atoms with van der Waals surface area (Å²) in [5.41, 5.74) is 2.57. The topological polar surface area (TPSA) is 71.1 Å². The van der Waals surface area contributed by atoms with Gasteiger partial charge in [-0.05, 0) is 54.3 Å². The van der Waals surface area contributed by atoms with E-state index in [1.807, 2.05) is 50.2 Å². The highest BCUT2D eigenvalue weighted by Gasteiger charge is 2.24. The minimum absolute atomic E-state index is 0.0789. The second-order valence-electron chi connectivity index (χ2n) is 7.10. The lowest BCUT2D eigenvalue weighted by Gasteiger charge is -2.22. The Morgan fingerprint density at radius 1 is 0.900 bits per heavy atom. The van der Waals surface area contributed by atoms with Crippen LogP contribution in [-0.4, -0.2) is 22.8 Å². The van der Waals surface area contributed by atoms with E-state index in [1.165, 1.54) is 0 Å². The fraction of sp³-hybridized carbons (Fsp3) is 0.160. The fourth-order valence-corrected chi connectivity index (χ4v) is 2.82. The molecule has 5 heteroatoms. The summed E-state index contributed by atoms with van der Waals surface area (Å²) in [5.74, 6) is 5.41. The van der Waals surface area contributed by atoms with Crippen molar-refractivity contribution < 1.29 is 9.59 Å². The molecular weight excluding hydrogens is 374 g/mol. The molecule has 1 heterocycles. The monoisotopic (exact) mass is 397 g/mol. The molecule has 0 aliphatic carbocycles. The van der Waals surface area contributed by atoms with Crippen molar-refractivity contribution in [2.45, 2.75) is 19.9 Å². The number of nitrogens with zero attached hydrogens (tertiary/aromatic N) is 1. The van der Waals surface area contributed by atoms with Crippen LogP contribution in [0, 0.1) is 17.8 Å². The molecule has 2 aromatic carbocycles. The van der Waals surface area contributed by atoms with Crippen LogP contribution < -0.4 is 10.6 Å². The average Bonchev–Trinajstić information content (AvgIpc) is 2.77. The summed E-state index contributed by atoms with van der Waals surface area (Å²) in [6.45, 7) is 3.79. The van der Waals surface area contributed by atoms with E-state index in [2.05, 4.69) is 27.5 Å². The minimum Gasteiger partial charge on any atom is -0.340 e. The Labute approximate surface area is 176 Å². The second kappa shape index (κ2) is 10.0. The minimum atomic E-state index is -0.666. The number of nitrogens with one attached hydrogen (secondary N) is 2. The predicted molar refractivity (Wildman–Crippen MR) is 118 cm³/mol. The summed E-state index contributed by atoms with van der Waals surface area (Å²) in [6, 6.07) is 21.0. The molecule has 3 aromatic rings. The van der Waals surface area contributed by atoms with Gasteiger partial charge in [0.25, 0.3) is 5.91 Å². The van der Waals surface area contributed by atoms with Crippen molar-refractivity contribution in [1.29, 1.82) is 0 Å². The Morgan fingerprint density at radius 3 is 2.37 bits per heavy atom. The third kappa shape index (κ3) is 5.79. The van der Waals surface area contributed by atoms with Gasteiger partial charge in [-0.1, -0.05) is 50.1 Å². The summed E-state index contributed by atoms with van der Waals surface area (Å²) in [4.78, 5) is 29.5. The smallest absolute Gasteiger partial charge is 0.251 e. The number of hydrogen-bond donors (Lipinski definition) is 2. The number of amides is 2. The van der Waals surface area contributed by atoms with Crippen LogP contribution in [0.25, 0.3) is 0 Å². The molecule has 2 amide bonds. The van der Waals surface area contributed by atoms with Crippen LogP contribution in [0.3, 0.4) is 0 Å². The van der Waals surface area contributed by atoms with Gasteiger partial charge in [0.2, 0.25) is 5.91 Å². The SMILES string of the molecule is CC(C)C(NC(=O)c1ccccc1)C(=O)Nc1cccc(C#Cc2ccccn2)c1. The first-order valence-electron chi connectivity index (χ1n) is 9.73. The molecule has 0 aliphatic rings. The molecule has 150 valence electrons. The zero-order chi connectivity index (χ0) is 21.3. The third-order valence-electron chi connectivity index (χ3n) is 4.40. The Hall–Kier alpha value is -3.91. The van der Waals surface area contributed by atoms with Gasteiger partial charge in [0.15, 0.2) is 0 Å². The molecule has 3 rings (SSSR count). The molecule has 1 unspecified atom stereocenters. The Balaban J connectivity index is 1.70. The van der Waals surface area contributed by atoms with E-state index < -0.39 is 6.04 Å². The van der Waals surface area contributed by atoms with Crippen LogP contribution in [0.4, 0.5) is 5.69 Å². The zero-order valence-electron chi connectivity index (χ0n) is 16.9. The molecular formula is C25H23N3O2. The van der Waals surface area contributed by atoms with E-state index in [4.69, 9.17) is 0 Å². The molecule has 1 atom stereocenters. The van der Waals surface area contributed by atoms with Gasteiger partial charge in [-0.2, -0.15) is 0 Å². The molecule has 0 aliphatic heterocycles. The highest BCUT2D eigenvalue weighted by molar-refractivity contribution is 6.01. The lowest BCUT2D eigenvalue weighted by atomic mass is 10.0. The summed E-state index contributed by atoms with van der Waals surface area (Å²) in [6.07, 6.45) is 1.69. The van der Waals surface area contributed by atoms with E-state index in [9.17, 15) is 9.59 Å². The van der Waals surface area contributed by atoms with Gasteiger partial charge < -0.3 is 10.6 Å². The number of hydrogen-bond acceptors (Lipinski definition) is 3. The molecule has 0 fully saturated rings. The zero-order valence-corrected chi connectivity index (χ0v) is 16.9. The van der Waals surface area contributed by atoms with E-state index in [0.29, 0.717) is 16.9 Å². The quantitative estimate of drug-likeness (QED) is 0.642. The number of pyridine rings is 1. The lowest BCUT2D eigenvalue weighted by molar-refractivity contribution is -0.118. The molecule has 2 N–H and O–H groups in total. The van der Waals surface area contributed by atoms with E-state index in [-0.39, 0.29) is 17.7 Å². The third-order valence-corrected chi connectivity index (χ3v) is 4.40. The molecule has 0 radical (unpaired) electrons. The maximum Gasteiger partial charge on any atom is 0.251 e. The molecule has 30 heavy (non-hydrogen) atoms.